The summed E-state index contributed by atoms with van der Waals surface area (Å²) in [5, 5.41) is 8.26. The van der Waals surface area contributed by atoms with Gasteiger partial charge in [-0.1, -0.05) is 49.6 Å². The summed E-state index contributed by atoms with van der Waals surface area (Å²) < 4.78 is 0. The number of thiophene rings is 1. The SMILES string of the molecule is O=C(CCNC(=O)C1CCCCC1)NCC(c1ccccc1)N1CCc2sccc2C1. The van der Waals surface area contributed by atoms with Crippen LogP contribution in [0.15, 0.2) is 41.8 Å². The molecule has 1 atom stereocenters. The van der Waals surface area contributed by atoms with Gasteiger partial charge in [-0.2, -0.15) is 0 Å². The van der Waals surface area contributed by atoms with Gasteiger partial charge in [0.1, 0.15) is 0 Å². The zero-order valence-electron chi connectivity index (χ0n) is 18.1. The van der Waals surface area contributed by atoms with Crippen molar-refractivity contribution in [2.45, 2.75) is 57.5 Å². The van der Waals surface area contributed by atoms with Gasteiger partial charge in [-0.3, -0.25) is 14.5 Å². The minimum atomic E-state index is -0.00175. The fourth-order valence-electron chi connectivity index (χ4n) is 4.78. The number of hydrogen-bond donors (Lipinski definition) is 2. The van der Waals surface area contributed by atoms with Gasteiger partial charge < -0.3 is 10.6 Å². The summed E-state index contributed by atoms with van der Waals surface area (Å²) in [5.41, 5.74) is 2.64. The molecule has 0 saturated heterocycles. The van der Waals surface area contributed by atoms with E-state index in [0.717, 1.165) is 45.2 Å². The molecule has 1 saturated carbocycles. The molecule has 166 valence electrons. The predicted octanol–water partition coefficient (Wildman–Crippen LogP) is 4.05. The molecule has 2 amide bonds. The summed E-state index contributed by atoms with van der Waals surface area (Å²) in [4.78, 5) is 28.7. The third-order valence-electron chi connectivity index (χ3n) is 6.58. The van der Waals surface area contributed by atoms with Crippen LogP contribution >= 0.6 is 11.3 Å². The van der Waals surface area contributed by atoms with Gasteiger partial charge in [0, 0.05) is 43.4 Å². The van der Waals surface area contributed by atoms with E-state index in [1.807, 2.05) is 17.4 Å². The van der Waals surface area contributed by atoms with Gasteiger partial charge in [0.2, 0.25) is 11.8 Å². The van der Waals surface area contributed by atoms with E-state index < -0.39 is 0 Å². The van der Waals surface area contributed by atoms with E-state index in [4.69, 9.17) is 0 Å². The molecule has 5 nitrogen and oxygen atoms in total. The molecule has 0 spiro atoms. The van der Waals surface area contributed by atoms with Crippen LogP contribution in [-0.4, -0.2) is 36.3 Å². The number of amides is 2. The van der Waals surface area contributed by atoms with Crippen LogP contribution < -0.4 is 10.6 Å². The molecule has 0 bridgehead atoms. The number of benzene rings is 1. The number of hydrogen-bond acceptors (Lipinski definition) is 4. The lowest BCUT2D eigenvalue weighted by Gasteiger charge is -2.35. The number of nitrogens with one attached hydrogen (secondary N) is 2. The first kappa shape index (κ1) is 22.0. The lowest BCUT2D eigenvalue weighted by atomic mass is 9.89. The standard InChI is InChI=1S/C25H33N3O2S/c29-24(11-14-26-25(30)20-9-5-2-6-10-20)27-17-22(19-7-3-1-4-8-19)28-15-12-23-21(18-28)13-16-31-23/h1,3-4,7-8,13,16,20,22H,2,5-6,9-12,14-15,17-18H2,(H,26,30)(H,27,29). The Morgan fingerprint density at radius 2 is 1.87 bits per heavy atom. The Morgan fingerprint density at radius 1 is 1.06 bits per heavy atom. The van der Waals surface area contributed by atoms with Crippen LogP contribution in [-0.2, 0) is 22.6 Å². The highest BCUT2D eigenvalue weighted by Crippen LogP contribution is 2.30. The van der Waals surface area contributed by atoms with Gasteiger partial charge in [-0.05, 0) is 41.8 Å². The maximum atomic E-state index is 12.5. The third kappa shape index (κ3) is 5.95. The Morgan fingerprint density at radius 3 is 2.68 bits per heavy atom. The molecule has 1 aromatic carbocycles. The average Bonchev–Trinajstić information content (AvgIpc) is 3.28. The van der Waals surface area contributed by atoms with Crippen molar-refractivity contribution < 1.29 is 9.59 Å². The molecule has 1 unspecified atom stereocenters. The number of fused-ring (bicyclic) bond motifs is 1. The van der Waals surface area contributed by atoms with E-state index in [1.54, 1.807) is 0 Å². The zero-order valence-corrected chi connectivity index (χ0v) is 19.0. The molecule has 1 fully saturated rings. The van der Waals surface area contributed by atoms with E-state index >= 15 is 0 Å². The fraction of sp³-hybridized carbons (Fsp3) is 0.520. The lowest BCUT2D eigenvalue weighted by molar-refractivity contribution is -0.126. The second-order valence-corrected chi connectivity index (χ2v) is 9.70. The van der Waals surface area contributed by atoms with Crippen molar-refractivity contribution >= 4 is 23.2 Å². The van der Waals surface area contributed by atoms with Gasteiger partial charge in [-0.15, -0.1) is 11.3 Å². The normalized spacial score (nSPS) is 18.2. The lowest BCUT2D eigenvalue weighted by Crippen LogP contribution is -2.41. The van der Waals surface area contributed by atoms with E-state index in [-0.39, 0.29) is 23.8 Å². The first-order chi connectivity index (χ1) is 15.2. The third-order valence-corrected chi connectivity index (χ3v) is 7.61. The number of carbonyl (C=O) groups excluding carboxylic acids is 2. The molecule has 1 aliphatic heterocycles. The molecular formula is C25H33N3O2S. The van der Waals surface area contributed by atoms with Crippen LogP contribution in [0.3, 0.4) is 0 Å². The van der Waals surface area contributed by atoms with Crippen LogP contribution in [0.2, 0.25) is 0 Å². The van der Waals surface area contributed by atoms with Crippen molar-refractivity contribution in [1.29, 1.82) is 0 Å². The Bertz CT molecular complexity index is 861. The highest BCUT2D eigenvalue weighted by molar-refractivity contribution is 7.10. The quantitative estimate of drug-likeness (QED) is 0.652. The van der Waals surface area contributed by atoms with Crippen LogP contribution in [0.25, 0.3) is 0 Å². The summed E-state index contributed by atoms with van der Waals surface area (Å²) in [7, 11) is 0. The Balaban J connectivity index is 1.28. The summed E-state index contributed by atoms with van der Waals surface area (Å²) in [5.74, 6) is 0.257. The van der Waals surface area contributed by atoms with E-state index in [2.05, 4.69) is 51.2 Å². The maximum Gasteiger partial charge on any atom is 0.223 e. The summed E-state index contributed by atoms with van der Waals surface area (Å²) >= 11 is 1.84. The van der Waals surface area contributed by atoms with E-state index in [0.29, 0.717) is 19.5 Å². The molecule has 2 heterocycles. The first-order valence-corrected chi connectivity index (χ1v) is 12.5. The number of carbonyl (C=O) groups is 2. The highest BCUT2D eigenvalue weighted by Gasteiger charge is 2.26. The molecule has 1 aromatic heterocycles. The molecule has 2 aliphatic rings. The molecule has 1 aliphatic carbocycles. The molecule has 2 N–H and O–H groups in total. The largest absolute Gasteiger partial charge is 0.355 e. The highest BCUT2D eigenvalue weighted by atomic mass is 32.1. The van der Waals surface area contributed by atoms with E-state index in [9.17, 15) is 9.59 Å². The van der Waals surface area contributed by atoms with Crippen molar-refractivity contribution in [2.75, 3.05) is 19.6 Å². The van der Waals surface area contributed by atoms with Crippen LogP contribution in [0, 0.1) is 5.92 Å². The second-order valence-electron chi connectivity index (χ2n) is 8.70. The van der Waals surface area contributed by atoms with Gasteiger partial charge in [0.05, 0.1) is 6.04 Å². The van der Waals surface area contributed by atoms with Crippen LogP contribution in [0.5, 0.6) is 0 Å². The molecule has 2 aromatic rings. The number of nitrogens with zero attached hydrogens (tertiary/aromatic N) is 1. The van der Waals surface area contributed by atoms with Gasteiger partial charge in [0.25, 0.3) is 0 Å². The molecular weight excluding hydrogens is 406 g/mol. The van der Waals surface area contributed by atoms with Crippen molar-refractivity contribution in [1.82, 2.24) is 15.5 Å². The topological polar surface area (TPSA) is 61.4 Å². The molecule has 0 radical (unpaired) electrons. The predicted molar refractivity (Wildman–Crippen MR) is 125 cm³/mol. The first-order valence-electron chi connectivity index (χ1n) is 11.6. The van der Waals surface area contributed by atoms with Crippen molar-refractivity contribution in [3.8, 4) is 0 Å². The van der Waals surface area contributed by atoms with Crippen molar-refractivity contribution in [3.05, 3.63) is 57.8 Å². The zero-order chi connectivity index (χ0) is 21.5. The van der Waals surface area contributed by atoms with Gasteiger partial charge in [-0.25, -0.2) is 0 Å². The molecule has 4 rings (SSSR count). The van der Waals surface area contributed by atoms with Crippen molar-refractivity contribution in [3.63, 3.8) is 0 Å². The molecule has 31 heavy (non-hydrogen) atoms. The van der Waals surface area contributed by atoms with E-state index in [1.165, 1.54) is 22.4 Å². The number of rotatable bonds is 8. The Labute approximate surface area is 189 Å². The monoisotopic (exact) mass is 439 g/mol. The molecule has 6 heteroatoms. The second kappa shape index (κ2) is 10.9. The smallest absolute Gasteiger partial charge is 0.223 e. The summed E-state index contributed by atoms with van der Waals surface area (Å²) in [6.45, 7) is 2.92. The van der Waals surface area contributed by atoms with Crippen LogP contribution in [0.4, 0.5) is 0 Å². The van der Waals surface area contributed by atoms with Gasteiger partial charge >= 0.3 is 0 Å². The minimum absolute atomic E-state index is 0.00175. The summed E-state index contributed by atoms with van der Waals surface area (Å²) in [6, 6.07) is 12.8. The Kier molecular flexibility index (Phi) is 7.76. The van der Waals surface area contributed by atoms with Crippen molar-refractivity contribution in [2.24, 2.45) is 5.92 Å². The Hall–Kier alpha value is -2.18. The summed E-state index contributed by atoms with van der Waals surface area (Å²) in [6.07, 6.45) is 6.88. The van der Waals surface area contributed by atoms with Crippen LogP contribution in [0.1, 0.15) is 60.6 Å². The maximum absolute atomic E-state index is 12.5. The fourth-order valence-corrected chi connectivity index (χ4v) is 5.67. The average molecular weight is 440 g/mol. The minimum Gasteiger partial charge on any atom is -0.355 e. The van der Waals surface area contributed by atoms with Gasteiger partial charge in [0.15, 0.2) is 0 Å².